The Morgan fingerprint density at radius 1 is 0.583 bits per heavy atom. The summed E-state index contributed by atoms with van der Waals surface area (Å²) in [6.45, 7) is 4.48. The van der Waals surface area contributed by atoms with Gasteiger partial charge in [0.1, 0.15) is 6.10 Å². The Labute approximate surface area is 224 Å². The van der Waals surface area contributed by atoms with Crippen molar-refractivity contribution in [1.82, 2.24) is 0 Å². The Bertz CT molecular complexity index is 514. The standard InChI is InChI=1S/C32H60O4/c1-3-5-7-9-11-13-14-15-16-18-20-25-29-32(35)36-30(27-23-21-24-28-31(33)34)26-22-19-17-12-10-8-6-4-2/h9,11,30H,3-8,10,12-29H2,1-2H3,(H,33,34)/b11-9-. The van der Waals surface area contributed by atoms with E-state index in [0.717, 1.165) is 44.9 Å². The molecule has 0 rings (SSSR count). The monoisotopic (exact) mass is 508 g/mol. The van der Waals surface area contributed by atoms with Crippen LogP contribution in [0.4, 0.5) is 0 Å². The molecular formula is C32H60O4. The zero-order valence-corrected chi connectivity index (χ0v) is 24.1. The molecule has 0 aromatic heterocycles. The number of esters is 1. The fourth-order valence-corrected chi connectivity index (χ4v) is 4.63. The van der Waals surface area contributed by atoms with Crippen molar-refractivity contribution in [3.05, 3.63) is 12.2 Å². The van der Waals surface area contributed by atoms with Crippen LogP contribution in [-0.4, -0.2) is 23.1 Å². The lowest BCUT2D eigenvalue weighted by Crippen LogP contribution is -2.18. The quantitative estimate of drug-likeness (QED) is 0.0648. The third kappa shape index (κ3) is 27.3. The van der Waals surface area contributed by atoms with E-state index in [0.29, 0.717) is 12.8 Å². The Kier molecular flexibility index (Phi) is 27.2. The van der Waals surface area contributed by atoms with Gasteiger partial charge in [0.15, 0.2) is 0 Å². The first kappa shape index (κ1) is 34.7. The van der Waals surface area contributed by atoms with Gasteiger partial charge >= 0.3 is 11.9 Å². The molecule has 0 aliphatic heterocycles. The molecule has 36 heavy (non-hydrogen) atoms. The minimum Gasteiger partial charge on any atom is -0.481 e. The molecular weight excluding hydrogens is 448 g/mol. The number of carbonyl (C=O) groups is 2. The predicted octanol–water partition coefficient (Wildman–Crippen LogP) is 10.3. The number of aliphatic carboxylic acids is 1. The third-order valence-corrected chi connectivity index (χ3v) is 6.99. The average Bonchev–Trinajstić information content (AvgIpc) is 2.85. The maximum absolute atomic E-state index is 12.4. The van der Waals surface area contributed by atoms with Gasteiger partial charge in [0.2, 0.25) is 0 Å². The number of ether oxygens (including phenoxy) is 1. The fourth-order valence-electron chi connectivity index (χ4n) is 4.63. The lowest BCUT2D eigenvalue weighted by Gasteiger charge is -2.18. The Morgan fingerprint density at radius 3 is 1.61 bits per heavy atom. The van der Waals surface area contributed by atoms with E-state index in [1.54, 1.807) is 0 Å². The van der Waals surface area contributed by atoms with E-state index in [4.69, 9.17) is 9.84 Å². The highest BCUT2D eigenvalue weighted by Crippen LogP contribution is 2.18. The second-order valence-electron chi connectivity index (χ2n) is 10.6. The summed E-state index contributed by atoms with van der Waals surface area (Å²) >= 11 is 0. The van der Waals surface area contributed by atoms with Crippen LogP contribution in [0.1, 0.15) is 174 Å². The average molecular weight is 509 g/mol. The second-order valence-corrected chi connectivity index (χ2v) is 10.6. The Balaban J connectivity index is 3.98. The largest absolute Gasteiger partial charge is 0.481 e. The van der Waals surface area contributed by atoms with Crippen molar-refractivity contribution in [2.24, 2.45) is 0 Å². The third-order valence-electron chi connectivity index (χ3n) is 6.99. The van der Waals surface area contributed by atoms with Gasteiger partial charge in [0, 0.05) is 12.8 Å². The maximum Gasteiger partial charge on any atom is 0.306 e. The SMILES string of the molecule is CCCC/C=C\CCCCCCCCC(=O)OC(CCCCCCCCCC)CCCCCC(=O)O. The molecule has 1 unspecified atom stereocenters. The molecule has 0 bridgehead atoms. The highest BCUT2D eigenvalue weighted by Gasteiger charge is 2.14. The molecule has 0 fully saturated rings. The van der Waals surface area contributed by atoms with Crippen molar-refractivity contribution in [2.45, 2.75) is 180 Å². The molecule has 4 heteroatoms. The van der Waals surface area contributed by atoms with E-state index in [-0.39, 0.29) is 18.5 Å². The van der Waals surface area contributed by atoms with Gasteiger partial charge in [-0.15, -0.1) is 0 Å². The van der Waals surface area contributed by atoms with Gasteiger partial charge in [-0.25, -0.2) is 0 Å². The number of hydrogen-bond acceptors (Lipinski definition) is 3. The molecule has 212 valence electrons. The van der Waals surface area contributed by atoms with Crippen LogP contribution >= 0.6 is 0 Å². The summed E-state index contributed by atoms with van der Waals surface area (Å²) in [4.78, 5) is 23.2. The molecule has 0 spiro atoms. The van der Waals surface area contributed by atoms with Crippen LogP contribution < -0.4 is 0 Å². The zero-order chi connectivity index (χ0) is 26.5. The van der Waals surface area contributed by atoms with Crippen molar-refractivity contribution < 1.29 is 19.4 Å². The molecule has 0 saturated carbocycles. The van der Waals surface area contributed by atoms with Crippen LogP contribution in [0.15, 0.2) is 12.2 Å². The highest BCUT2D eigenvalue weighted by atomic mass is 16.5. The van der Waals surface area contributed by atoms with Crippen LogP contribution in [0.2, 0.25) is 0 Å². The number of rotatable bonds is 28. The van der Waals surface area contributed by atoms with E-state index in [1.807, 2.05) is 0 Å². The zero-order valence-electron chi connectivity index (χ0n) is 24.1. The predicted molar refractivity (Wildman–Crippen MR) is 153 cm³/mol. The number of unbranched alkanes of at least 4 members (excludes halogenated alkanes) is 17. The summed E-state index contributed by atoms with van der Waals surface area (Å²) in [5, 5.41) is 8.81. The first-order chi connectivity index (χ1) is 17.6. The summed E-state index contributed by atoms with van der Waals surface area (Å²) in [6, 6.07) is 0. The van der Waals surface area contributed by atoms with Crippen molar-refractivity contribution in [1.29, 1.82) is 0 Å². The van der Waals surface area contributed by atoms with Crippen LogP contribution in [0.25, 0.3) is 0 Å². The van der Waals surface area contributed by atoms with Crippen LogP contribution in [0, 0.1) is 0 Å². The molecule has 0 aliphatic carbocycles. The molecule has 0 saturated heterocycles. The normalized spacial score (nSPS) is 12.3. The minimum absolute atomic E-state index is 0.00722. The van der Waals surface area contributed by atoms with Crippen LogP contribution in [0.5, 0.6) is 0 Å². The van der Waals surface area contributed by atoms with Gasteiger partial charge in [-0.05, 0) is 57.8 Å². The van der Waals surface area contributed by atoms with Gasteiger partial charge in [0.05, 0.1) is 0 Å². The number of carbonyl (C=O) groups excluding carboxylic acids is 1. The first-order valence-electron chi connectivity index (χ1n) is 15.7. The lowest BCUT2D eigenvalue weighted by atomic mass is 10.0. The van der Waals surface area contributed by atoms with Gasteiger partial charge in [-0.2, -0.15) is 0 Å². The van der Waals surface area contributed by atoms with Gasteiger partial charge < -0.3 is 9.84 Å². The van der Waals surface area contributed by atoms with Gasteiger partial charge in [-0.1, -0.05) is 116 Å². The molecule has 1 atom stereocenters. The Hall–Kier alpha value is -1.32. The number of allylic oxidation sites excluding steroid dienone is 2. The van der Waals surface area contributed by atoms with Crippen LogP contribution in [0.3, 0.4) is 0 Å². The molecule has 0 aliphatic rings. The van der Waals surface area contributed by atoms with E-state index in [1.165, 1.54) is 96.3 Å². The molecule has 0 heterocycles. The van der Waals surface area contributed by atoms with Crippen LogP contribution in [-0.2, 0) is 14.3 Å². The fraction of sp³-hybridized carbons (Fsp3) is 0.875. The number of hydrogen-bond donors (Lipinski definition) is 1. The smallest absolute Gasteiger partial charge is 0.306 e. The van der Waals surface area contributed by atoms with Gasteiger partial charge in [0.25, 0.3) is 0 Å². The Morgan fingerprint density at radius 2 is 1.03 bits per heavy atom. The summed E-state index contributed by atoms with van der Waals surface area (Å²) in [6.07, 6.45) is 32.1. The molecule has 0 aromatic carbocycles. The first-order valence-corrected chi connectivity index (χ1v) is 15.7. The van der Waals surface area contributed by atoms with E-state index < -0.39 is 5.97 Å². The molecule has 4 nitrogen and oxygen atoms in total. The van der Waals surface area contributed by atoms with E-state index in [2.05, 4.69) is 26.0 Å². The number of carboxylic acid groups (broad SMARTS) is 1. The topological polar surface area (TPSA) is 63.6 Å². The lowest BCUT2D eigenvalue weighted by molar-refractivity contribution is -0.150. The summed E-state index contributed by atoms with van der Waals surface area (Å²) < 4.78 is 5.87. The van der Waals surface area contributed by atoms with Gasteiger partial charge in [-0.3, -0.25) is 9.59 Å². The summed E-state index contributed by atoms with van der Waals surface area (Å²) in [7, 11) is 0. The molecule has 1 N–H and O–H groups in total. The van der Waals surface area contributed by atoms with Crippen molar-refractivity contribution in [3.63, 3.8) is 0 Å². The van der Waals surface area contributed by atoms with E-state index >= 15 is 0 Å². The molecule has 0 amide bonds. The summed E-state index contributed by atoms with van der Waals surface area (Å²) in [5.41, 5.74) is 0. The second kappa shape index (κ2) is 28.3. The summed E-state index contributed by atoms with van der Waals surface area (Å²) in [5.74, 6) is -0.765. The maximum atomic E-state index is 12.4. The number of carboxylic acids is 1. The highest BCUT2D eigenvalue weighted by molar-refractivity contribution is 5.69. The van der Waals surface area contributed by atoms with Crippen molar-refractivity contribution in [3.8, 4) is 0 Å². The van der Waals surface area contributed by atoms with Crippen molar-refractivity contribution in [2.75, 3.05) is 0 Å². The van der Waals surface area contributed by atoms with E-state index in [9.17, 15) is 9.59 Å². The molecule has 0 radical (unpaired) electrons. The molecule has 0 aromatic rings. The van der Waals surface area contributed by atoms with Crippen molar-refractivity contribution >= 4 is 11.9 Å². The minimum atomic E-state index is -0.726.